The Morgan fingerprint density at radius 3 is 3.06 bits per heavy atom. The summed E-state index contributed by atoms with van der Waals surface area (Å²) in [5.74, 6) is 0.857. The number of nitrogens with two attached hydrogens (primary N) is 1. The van der Waals surface area contributed by atoms with Gasteiger partial charge in [-0.05, 0) is 24.8 Å². The number of aromatic nitrogens is 1. The summed E-state index contributed by atoms with van der Waals surface area (Å²) in [4.78, 5) is 15.1. The number of nitrogens with zero attached hydrogens (tertiary/aromatic N) is 1. The molecule has 1 fully saturated rings. The van der Waals surface area contributed by atoms with Gasteiger partial charge in [0, 0.05) is 12.2 Å². The van der Waals surface area contributed by atoms with Crippen molar-refractivity contribution >= 4 is 23.3 Å². The number of halogens is 1. The van der Waals surface area contributed by atoms with Gasteiger partial charge in [-0.3, -0.25) is 4.79 Å². The zero-order valence-electron chi connectivity index (χ0n) is 9.74. The number of pyridine rings is 1. The van der Waals surface area contributed by atoms with E-state index in [1.165, 1.54) is 25.5 Å². The number of primary amides is 1. The van der Waals surface area contributed by atoms with E-state index in [1.54, 1.807) is 6.07 Å². The molecule has 2 rings (SSSR count). The number of anilines is 1. The van der Waals surface area contributed by atoms with E-state index in [0.29, 0.717) is 22.4 Å². The molecule has 0 spiro atoms. The van der Waals surface area contributed by atoms with E-state index >= 15 is 0 Å². The van der Waals surface area contributed by atoms with Crippen molar-refractivity contribution in [3.63, 3.8) is 0 Å². The van der Waals surface area contributed by atoms with E-state index in [4.69, 9.17) is 17.3 Å². The van der Waals surface area contributed by atoms with E-state index in [2.05, 4.69) is 17.2 Å². The van der Waals surface area contributed by atoms with E-state index in [0.717, 1.165) is 5.92 Å². The minimum absolute atomic E-state index is 0.335. The number of hydrogen-bond donors (Lipinski definition) is 2. The third-order valence-corrected chi connectivity index (χ3v) is 3.32. The molecule has 1 aromatic rings. The lowest BCUT2D eigenvalue weighted by Crippen LogP contribution is -2.13. The van der Waals surface area contributed by atoms with Crippen molar-refractivity contribution in [1.29, 1.82) is 0 Å². The molecule has 1 aliphatic carbocycles. The van der Waals surface area contributed by atoms with Gasteiger partial charge in [0.25, 0.3) is 0 Å². The van der Waals surface area contributed by atoms with Crippen LogP contribution in [0.4, 0.5) is 5.82 Å². The summed E-state index contributed by atoms with van der Waals surface area (Å²) in [6, 6.07) is 2.02. The smallest absolute Gasteiger partial charge is 0.250 e. The van der Waals surface area contributed by atoms with Crippen LogP contribution < -0.4 is 11.1 Å². The zero-order chi connectivity index (χ0) is 12.4. The number of nitrogens with one attached hydrogen (secondary N) is 1. The molecule has 0 aromatic carbocycles. The first-order chi connectivity index (χ1) is 8.11. The van der Waals surface area contributed by atoms with E-state index in [9.17, 15) is 4.79 Å². The average molecular weight is 254 g/mol. The average Bonchev–Trinajstić information content (AvgIpc) is 3.00. The molecule has 1 aromatic heterocycles. The summed E-state index contributed by atoms with van der Waals surface area (Å²) in [5, 5.41) is 3.74. The Kier molecular flexibility index (Phi) is 3.52. The van der Waals surface area contributed by atoms with Gasteiger partial charge in [-0.15, -0.1) is 0 Å². The molecule has 4 nitrogen and oxygen atoms in total. The molecule has 2 unspecified atom stereocenters. The van der Waals surface area contributed by atoms with Crippen molar-refractivity contribution in [2.45, 2.75) is 32.2 Å². The van der Waals surface area contributed by atoms with Gasteiger partial charge in [-0.25, -0.2) is 4.98 Å². The molecule has 3 N–H and O–H groups in total. The van der Waals surface area contributed by atoms with Gasteiger partial charge in [-0.2, -0.15) is 0 Å². The number of carbonyl (C=O) groups is 1. The molecule has 1 saturated carbocycles. The molecule has 0 bridgehead atoms. The molecule has 17 heavy (non-hydrogen) atoms. The van der Waals surface area contributed by atoms with Gasteiger partial charge in [0.2, 0.25) is 5.91 Å². The molecule has 0 radical (unpaired) electrons. The lowest BCUT2D eigenvalue weighted by molar-refractivity contribution is 0.1000. The van der Waals surface area contributed by atoms with Gasteiger partial charge < -0.3 is 11.1 Å². The number of hydrogen-bond acceptors (Lipinski definition) is 3. The fourth-order valence-corrected chi connectivity index (χ4v) is 2.19. The van der Waals surface area contributed by atoms with Crippen LogP contribution in [0.1, 0.15) is 36.5 Å². The molecule has 1 heterocycles. The number of rotatable bonds is 5. The predicted octanol–water partition coefficient (Wildman–Crippen LogP) is 2.43. The van der Waals surface area contributed by atoms with Crippen LogP contribution in [-0.2, 0) is 0 Å². The number of carbonyl (C=O) groups excluding carboxylic acids is 1. The predicted molar refractivity (Wildman–Crippen MR) is 68.2 cm³/mol. The van der Waals surface area contributed by atoms with Crippen LogP contribution in [0.5, 0.6) is 0 Å². The molecule has 92 valence electrons. The second-order valence-electron chi connectivity index (χ2n) is 4.45. The monoisotopic (exact) mass is 253 g/mol. The largest absolute Gasteiger partial charge is 0.366 e. The normalized spacial score (nSPS) is 22.2. The second-order valence-corrected chi connectivity index (χ2v) is 4.86. The van der Waals surface area contributed by atoms with Gasteiger partial charge >= 0.3 is 0 Å². The maximum Gasteiger partial charge on any atom is 0.250 e. The van der Waals surface area contributed by atoms with Crippen LogP contribution in [-0.4, -0.2) is 16.9 Å². The summed E-state index contributed by atoms with van der Waals surface area (Å²) in [5.41, 5.74) is 5.48. The first kappa shape index (κ1) is 12.2. The molecule has 5 heteroatoms. The summed E-state index contributed by atoms with van der Waals surface area (Å²) in [6.45, 7) is 2.18. The fourth-order valence-electron chi connectivity index (χ4n) is 1.97. The summed E-state index contributed by atoms with van der Waals surface area (Å²) >= 11 is 6.04. The lowest BCUT2D eigenvalue weighted by Gasteiger charge is -2.07. The van der Waals surface area contributed by atoms with Crippen molar-refractivity contribution in [3.05, 3.63) is 22.8 Å². The second kappa shape index (κ2) is 4.92. The van der Waals surface area contributed by atoms with Gasteiger partial charge in [0.15, 0.2) is 0 Å². The Bertz CT molecular complexity index is 436. The van der Waals surface area contributed by atoms with E-state index in [-0.39, 0.29) is 0 Å². The first-order valence-electron chi connectivity index (χ1n) is 5.83. The van der Waals surface area contributed by atoms with Crippen molar-refractivity contribution in [1.82, 2.24) is 4.98 Å². The van der Waals surface area contributed by atoms with Gasteiger partial charge in [-0.1, -0.05) is 24.9 Å². The highest BCUT2D eigenvalue weighted by atomic mass is 35.5. The highest BCUT2D eigenvalue weighted by Crippen LogP contribution is 2.38. The topological polar surface area (TPSA) is 68.0 Å². The summed E-state index contributed by atoms with van der Waals surface area (Å²) < 4.78 is 0. The third kappa shape index (κ3) is 2.88. The quantitative estimate of drug-likeness (QED) is 0.847. The zero-order valence-corrected chi connectivity index (χ0v) is 10.5. The molecule has 2 atom stereocenters. The van der Waals surface area contributed by atoms with Gasteiger partial charge in [0.1, 0.15) is 5.82 Å². The lowest BCUT2D eigenvalue weighted by atomic mass is 10.2. The van der Waals surface area contributed by atoms with Crippen molar-refractivity contribution < 1.29 is 4.79 Å². The fraction of sp³-hybridized carbons (Fsp3) is 0.500. The van der Waals surface area contributed by atoms with Crippen LogP contribution in [0.3, 0.4) is 0 Å². The Balaban J connectivity index is 2.00. The van der Waals surface area contributed by atoms with Crippen molar-refractivity contribution in [2.75, 3.05) is 5.32 Å². The Morgan fingerprint density at radius 1 is 1.71 bits per heavy atom. The maximum absolute atomic E-state index is 10.9. The van der Waals surface area contributed by atoms with E-state index < -0.39 is 5.91 Å². The molecule has 0 aliphatic heterocycles. The van der Waals surface area contributed by atoms with Crippen LogP contribution >= 0.6 is 11.6 Å². The first-order valence-corrected chi connectivity index (χ1v) is 6.21. The molecule has 1 aliphatic rings. The Morgan fingerprint density at radius 2 is 2.47 bits per heavy atom. The van der Waals surface area contributed by atoms with E-state index in [1.807, 2.05) is 0 Å². The SMILES string of the molecule is CCCC1CC1Nc1ncc(C(N)=O)cc1Cl. The Labute approximate surface area is 106 Å². The van der Waals surface area contributed by atoms with Gasteiger partial charge in [0.05, 0.1) is 10.6 Å². The minimum atomic E-state index is -0.513. The summed E-state index contributed by atoms with van der Waals surface area (Å²) in [7, 11) is 0. The number of amides is 1. The molecular formula is C12H16ClN3O. The molecule has 0 saturated heterocycles. The van der Waals surface area contributed by atoms with Crippen LogP contribution in [0.2, 0.25) is 5.02 Å². The maximum atomic E-state index is 10.9. The standard InChI is InChI=1S/C12H16ClN3O/c1-2-3-7-5-10(7)16-12-9(13)4-8(6-15-12)11(14)17/h4,6-7,10H,2-3,5H2,1H3,(H2,14,17)(H,15,16). The van der Waals surface area contributed by atoms with Crippen molar-refractivity contribution in [3.8, 4) is 0 Å². The molecular weight excluding hydrogens is 238 g/mol. The minimum Gasteiger partial charge on any atom is -0.366 e. The Hall–Kier alpha value is -1.29. The molecule has 1 amide bonds. The highest BCUT2D eigenvalue weighted by Gasteiger charge is 2.36. The summed E-state index contributed by atoms with van der Waals surface area (Å²) in [6.07, 6.45) is 5.05. The highest BCUT2D eigenvalue weighted by molar-refractivity contribution is 6.33. The van der Waals surface area contributed by atoms with Crippen LogP contribution in [0.25, 0.3) is 0 Å². The van der Waals surface area contributed by atoms with Crippen molar-refractivity contribution in [2.24, 2.45) is 11.7 Å². The van der Waals surface area contributed by atoms with Crippen LogP contribution in [0.15, 0.2) is 12.3 Å². The van der Waals surface area contributed by atoms with Crippen LogP contribution in [0, 0.1) is 5.92 Å². The third-order valence-electron chi connectivity index (χ3n) is 3.03.